The van der Waals surface area contributed by atoms with Crippen molar-refractivity contribution >= 4 is 35.6 Å². The summed E-state index contributed by atoms with van der Waals surface area (Å²) in [5, 5.41) is 1.23. The van der Waals surface area contributed by atoms with E-state index in [4.69, 9.17) is 33.7 Å². The molecule has 0 amide bonds. The maximum absolute atomic E-state index is 6.14. The molecule has 0 radical (unpaired) electrons. The van der Waals surface area contributed by atoms with E-state index in [0.717, 1.165) is 26.1 Å². The second-order valence-corrected chi connectivity index (χ2v) is 6.93. The van der Waals surface area contributed by atoms with Gasteiger partial charge in [0.2, 0.25) is 0 Å². The zero-order valence-corrected chi connectivity index (χ0v) is 14.8. The number of hydrogen-bond donors (Lipinski definition) is 1. The Morgan fingerprint density at radius 1 is 1.38 bits per heavy atom. The van der Waals surface area contributed by atoms with Crippen molar-refractivity contribution in [2.24, 2.45) is 11.1 Å². The van der Waals surface area contributed by atoms with Crippen LogP contribution in [0.1, 0.15) is 20.3 Å². The van der Waals surface area contributed by atoms with Crippen molar-refractivity contribution in [2.45, 2.75) is 26.3 Å². The van der Waals surface area contributed by atoms with Crippen LogP contribution >= 0.6 is 35.6 Å². The predicted octanol–water partition coefficient (Wildman–Crippen LogP) is 3.85. The van der Waals surface area contributed by atoms with E-state index in [2.05, 4.69) is 18.7 Å². The van der Waals surface area contributed by atoms with Crippen LogP contribution in [0.5, 0.6) is 5.75 Å². The number of ether oxygens (including phenoxy) is 1. The van der Waals surface area contributed by atoms with Crippen molar-refractivity contribution in [1.82, 2.24) is 4.90 Å². The smallest absolute Gasteiger partial charge is 0.139 e. The molecule has 1 aliphatic heterocycles. The fourth-order valence-electron chi connectivity index (χ4n) is 2.55. The molecule has 0 aliphatic carbocycles. The van der Waals surface area contributed by atoms with Gasteiger partial charge in [0.15, 0.2) is 0 Å². The SMILES string of the molecule is CC1(C)CN(CCOc2cc(Cl)ccc2Cl)CCC1N.Cl. The highest BCUT2D eigenvalue weighted by Gasteiger charge is 2.33. The van der Waals surface area contributed by atoms with Crippen LogP contribution in [0, 0.1) is 5.41 Å². The lowest BCUT2D eigenvalue weighted by Gasteiger charge is -2.42. The summed E-state index contributed by atoms with van der Waals surface area (Å²) in [5.41, 5.74) is 6.30. The summed E-state index contributed by atoms with van der Waals surface area (Å²) in [7, 11) is 0. The molecule has 21 heavy (non-hydrogen) atoms. The van der Waals surface area contributed by atoms with Gasteiger partial charge in [-0.2, -0.15) is 0 Å². The van der Waals surface area contributed by atoms with Crippen LogP contribution in [0.2, 0.25) is 10.0 Å². The molecule has 6 heteroatoms. The second kappa shape index (κ2) is 7.89. The molecule has 2 rings (SSSR count). The van der Waals surface area contributed by atoms with Crippen molar-refractivity contribution in [3.63, 3.8) is 0 Å². The van der Waals surface area contributed by atoms with Gasteiger partial charge in [0.1, 0.15) is 12.4 Å². The highest BCUT2D eigenvalue weighted by molar-refractivity contribution is 6.34. The summed E-state index contributed by atoms with van der Waals surface area (Å²) in [6.07, 6.45) is 1.03. The number of rotatable bonds is 4. The maximum Gasteiger partial charge on any atom is 0.139 e. The normalized spacial score (nSPS) is 21.7. The van der Waals surface area contributed by atoms with Gasteiger partial charge in [-0.15, -0.1) is 12.4 Å². The third-order valence-electron chi connectivity index (χ3n) is 3.95. The Hall–Kier alpha value is -0.190. The van der Waals surface area contributed by atoms with E-state index < -0.39 is 0 Å². The first-order valence-corrected chi connectivity index (χ1v) is 7.70. The summed E-state index contributed by atoms with van der Waals surface area (Å²) >= 11 is 12.0. The van der Waals surface area contributed by atoms with Gasteiger partial charge >= 0.3 is 0 Å². The summed E-state index contributed by atoms with van der Waals surface area (Å²) in [5.74, 6) is 0.645. The van der Waals surface area contributed by atoms with Crippen molar-refractivity contribution in [3.05, 3.63) is 28.2 Å². The summed E-state index contributed by atoms with van der Waals surface area (Å²) in [4.78, 5) is 2.39. The van der Waals surface area contributed by atoms with Crippen molar-refractivity contribution in [1.29, 1.82) is 0 Å². The average molecular weight is 354 g/mol. The quantitative estimate of drug-likeness (QED) is 0.893. The fourth-order valence-corrected chi connectivity index (χ4v) is 2.88. The van der Waals surface area contributed by atoms with E-state index in [9.17, 15) is 0 Å². The minimum absolute atomic E-state index is 0. The molecule has 1 aromatic rings. The summed E-state index contributed by atoms with van der Waals surface area (Å²) < 4.78 is 5.73. The molecule has 1 fully saturated rings. The molecule has 3 nitrogen and oxygen atoms in total. The van der Waals surface area contributed by atoms with Crippen LogP contribution in [-0.2, 0) is 0 Å². The first-order chi connectivity index (χ1) is 9.38. The Balaban J connectivity index is 0.00000220. The molecule has 2 N–H and O–H groups in total. The Bertz CT molecular complexity index is 468. The van der Waals surface area contributed by atoms with Crippen LogP contribution in [-0.4, -0.2) is 37.2 Å². The third-order valence-corrected chi connectivity index (χ3v) is 4.50. The molecule has 1 aliphatic rings. The number of nitrogens with two attached hydrogens (primary N) is 1. The minimum atomic E-state index is 0. The molecule has 0 saturated carbocycles. The fraction of sp³-hybridized carbons (Fsp3) is 0.600. The number of nitrogens with zero attached hydrogens (tertiary/aromatic N) is 1. The van der Waals surface area contributed by atoms with Gasteiger partial charge in [-0.05, 0) is 30.5 Å². The molecular weight excluding hydrogens is 331 g/mol. The van der Waals surface area contributed by atoms with E-state index in [0.29, 0.717) is 22.4 Å². The van der Waals surface area contributed by atoms with Crippen molar-refractivity contribution in [3.8, 4) is 5.75 Å². The number of hydrogen-bond acceptors (Lipinski definition) is 3. The summed E-state index contributed by atoms with van der Waals surface area (Å²) in [6, 6.07) is 5.54. The molecule has 1 atom stereocenters. The van der Waals surface area contributed by atoms with E-state index in [-0.39, 0.29) is 23.9 Å². The van der Waals surface area contributed by atoms with Crippen LogP contribution in [0.3, 0.4) is 0 Å². The predicted molar refractivity (Wildman–Crippen MR) is 92.0 cm³/mol. The molecule has 0 aromatic heterocycles. The first-order valence-electron chi connectivity index (χ1n) is 6.94. The van der Waals surface area contributed by atoms with E-state index >= 15 is 0 Å². The Labute approximate surface area is 143 Å². The Kier molecular flexibility index (Phi) is 7.08. The zero-order valence-electron chi connectivity index (χ0n) is 12.4. The van der Waals surface area contributed by atoms with Crippen LogP contribution < -0.4 is 10.5 Å². The first kappa shape index (κ1) is 18.9. The van der Waals surface area contributed by atoms with Crippen LogP contribution in [0.25, 0.3) is 0 Å². The molecule has 1 saturated heterocycles. The van der Waals surface area contributed by atoms with Gasteiger partial charge in [0.05, 0.1) is 5.02 Å². The van der Waals surface area contributed by atoms with Gasteiger partial charge < -0.3 is 10.5 Å². The van der Waals surface area contributed by atoms with Gasteiger partial charge in [-0.1, -0.05) is 37.0 Å². The Morgan fingerprint density at radius 3 is 2.76 bits per heavy atom. The van der Waals surface area contributed by atoms with Crippen molar-refractivity contribution < 1.29 is 4.74 Å². The number of benzene rings is 1. The molecule has 0 bridgehead atoms. The van der Waals surface area contributed by atoms with Crippen LogP contribution in [0.15, 0.2) is 18.2 Å². The van der Waals surface area contributed by atoms with E-state index in [1.807, 2.05) is 0 Å². The number of piperidine rings is 1. The highest BCUT2D eigenvalue weighted by atomic mass is 35.5. The zero-order chi connectivity index (χ0) is 14.8. The van der Waals surface area contributed by atoms with Gasteiger partial charge in [0.25, 0.3) is 0 Å². The average Bonchev–Trinajstić information content (AvgIpc) is 2.37. The lowest BCUT2D eigenvalue weighted by Crippen LogP contribution is -2.53. The molecule has 1 unspecified atom stereocenters. The third kappa shape index (κ3) is 5.19. The highest BCUT2D eigenvalue weighted by Crippen LogP contribution is 2.29. The lowest BCUT2D eigenvalue weighted by molar-refractivity contribution is 0.0831. The molecule has 1 aromatic carbocycles. The molecule has 0 spiro atoms. The molecule has 1 heterocycles. The van der Waals surface area contributed by atoms with E-state index in [1.54, 1.807) is 18.2 Å². The topological polar surface area (TPSA) is 38.5 Å². The van der Waals surface area contributed by atoms with Gasteiger partial charge in [0, 0.05) is 30.2 Å². The largest absolute Gasteiger partial charge is 0.491 e. The summed E-state index contributed by atoms with van der Waals surface area (Å²) in [6.45, 7) is 7.94. The van der Waals surface area contributed by atoms with Gasteiger partial charge in [-0.25, -0.2) is 0 Å². The lowest BCUT2D eigenvalue weighted by atomic mass is 9.80. The minimum Gasteiger partial charge on any atom is -0.491 e. The number of halogens is 3. The Morgan fingerprint density at radius 2 is 2.10 bits per heavy atom. The monoisotopic (exact) mass is 352 g/mol. The molecule has 120 valence electrons. The van der Waals surface area contributed by atoms with Gasteiger partial charge in [-0.3, -0.25) is 4.90 Å². The molecular formula is C15H23Cl3N2O. The second-order valence-electron chi connectivity index (χ2n) is 6.08. The van der Waals surface area contributed by atoms with Crippen LogP contribution in [0.4, 0.5) is 0 Å². The number of likely N-dealkylation sites (tertiary alicyclic amines) is 1. The maximum atomic E-state index is 6.14. The standard InChI is InChI=1S/C15H22Cl2N2O.ClH/c1-15(2)10-19(6-5-14(15)18)7-8-20-13-9-11(16)3-4-12(13)17;/h3-4,9,14H,5-8,10,18H2,1-2H3;1H. The van der Waals surface area contributed by atoms with E-state index in [1.165, 1.54) is 0 Å². The van der Waals surface area contributed by atoms with Crippen molar-refractivity contribution in [2.75, 3.05) is 26.2 Å².